The summed E-state index contributed by atoms with van der Waals surface area (Å²) < 4.78 is 5.19. The lowest BCUT2D eigenvalue weighted by atomic mass is 10.00. The van der Waals surface area contributed by atoms with Crippen molar-refractivity contribution in [3.8, 4) is 0 Å². The van der Waals surface area contributed by atoms with E-state index in [1.807, 2.05) is 0 Å². The molecule has 2 fully saturated rings. The Balaban J connectivity index is 1.74. The Hall–Kier alpha value is -2.31. The van der Waals surface area contributed by atoms with Crippen LogP contribution in [0.25, 0.3) is 0 Å². The highest BCUT2D eigenvalue weighted by Gasteiger charge is 2.36. The number of hydrogen-bond donors (Lipinski definition) is 1. The Bertz CT molecular complexity index is 584. The van der Waals surface area contributed by atoms with E-state index in [9.17, 15) is 14.4 Å². The van der Waals surface area contributed by atoms with Gasteiger partial charge in [0.1, 0.15) is 6.04 Å². The summed E-state index contributed by atoms with van der Waals surface area (Å²) in [6.07, 6.45) is 4.23. The molecule has 0 aliphatic carbocycles. The van der Waals surface area contributed by atoms with Crippen molar-refractivity contribution < 1.29 is 18.8 Å². The van der Waals surface area contributed by atoms with Crippen LogP contribution in [-0.4, -0.2) is 59.7 Å². The molecule has 1 aromatic heterocycles. The van der Waals surface area contributed by atoms with Crippen molar-refractivity contribution in [1.29, 1.82) is 0 Å². The highest BCUT2D eigenvalue weighted by molar-refractivity contribution is 5.95. The van der Waals surface area contributed by atoms with Crippen LogP contribution in [0.3, 0.4) is 0 Å². The van der Waals surface area contributed by atoms with E-state index in [1.165, 1.54) is 6.26 Å². The molecule has 2 aliphatic rings. The molecule has 1 atom stereocenters. The van der Waals surface area contributed by atoms with Crippen LogP contribution in [0.4, 0.5) is 0 Å². The Morgan fingerprint density at radius 2 is 2.09 bits per heavy atom. The number of furan rings is 1. The fourth-order valence-corrected chi connectivity index (χ4v) is 3.17. The largest absolute Gasteiger partial charge is 0.459 e. The number of amides is 3. The predicted octanol–water partition coefficient (Wildman–Crippen LogP) is 0.623. The van der Waals surface area contributed by atoms with E-state index < -0.39 is 6.04 Å². The molecule has 124 valence electrons. The van der Waals surface area contributed by atoms with E-state index in [0.29, 0.717) is 39.0 Å². The molecule has 7 heteroatoms. The maximum Gasteiger partial charge on any atom is 0.290 e. The van der Waals surface area contributed by atoms with Gasteiger partial charge in [0.25, 0.3) is 5.91 Å². The lowest BCUT2D eigenvalue weighted by Gasteiger charge is -2.37. The van der Waals surface area contributed by atoms with Crippen LogP contribution in [0.5, 0.6) is 0 Å². The van der Waals surface area contributed by atoms with Crippen molar-refractivity contribution in [3.63, 3.8) is 0 Å². The van der Waals surface area contributed by atoms with Crippen molar-refractivity contribution in [2.24, 2.45) is 0 Å². The SMILES string of the molecule is O=C1CCN(C(=O)C2CCCCN2C(=O)c2ccco2)CCN1. The van der Waals surface area contributed by atoms with E-state index in [0.717, 1.165) is 12.8 Å². The average molecular weight is 319 g/mol. The van der Waals surface area contributed by atoms with Crippen LogP contribution < -0.4 is 5.32 Å². The van der Waals surface area contributed by atoms with Gasteiger partial charge in [-0.1, -0.05) is 0 Å². The predicted molar refractivity (Wildman–Crippen MR) is 81.6 cm³/mol. The number of carbonyl (C=O) groups is 3. The molecule has 1 aromatic rings. The van der Waals surface area contributed by atoms with Gasteiger partial charge in [0.15, 0.2) is 5.76 Å². The zero-order chi connectivity index (χ0) is 16.2. The van der Waals surface area contributed by atoms with Gasteiger partial charge in [-0.2, -0.15) is 0 Å². The molecular weight excluding hydrogens is 298 g/mol. The standard InChI is InChI=1S/C16H21N3O4/c20-14-6-9-18(10-7-17-14)15(21)12-4-1-2-8-19(12)16(22)13-5-3-11-23-13/h3,5,11-12H,1-2,4,6-10H2,(H,17,20). The van der Waals surface area contributed by atoms with Crippen molar-refractivity contribution >= 4 is 17.7 Å². The number of carbonyl (C=O) groups excluding carboxylic acids is 3. The lowest BCUT2D eigenvalue weighted by Crippen LogP contribution is -2.53. The molecule has 0 aromatic carbocycles. The van der Waals surface area contributed by atoms with Crippen LogP contribution in [0.1, 0.15) is 36.2 Å². The third kappa shape index (κ3) is 3.38. The van der Waals surface area contributed by atoms with E-state index >= 15 is 0 Å². The maximum absolute atomic E-state index is 12.9. The number of piperidine rings is 1. The first-order valence-electron chi connectivity index (χ1n) is 8.07. The van der Waals surface area contributed by atoms with Gasteiger partial charge in [0.2, 0.25) is 11.8 Å². The highest BCUT2D eigenvalue weighted by Crippen LogP contribution is 2.22. The van der Waals surface area contributed by atoms with Crippen LogP contribution in [0.2, 0.25) is 0 Å². The second-order valence-corrected chi connectivity index (χ2v) is 5.91. The third-order valence-corrected chi connectivity index (χ3v) is 4.41. The van der Waals surface area contributed by atoms with Crippen molar-refractivity contribution in [2.45, 2.75) is 31.7 Å². The number of nitrogens with zero attached hydrogens (tertiary/aromatic N) is 2. The molecule has 3 amide bonds. The fraction of sp³-hybridized carbons (Fsp3) is 0.562. The molecule has 23 heavy (non-hydrogen) atoms. The Kier molecular flexibility index (Phi) is 4.64. The number of likely N-dealkylation sites (tertiary alicyclic amines) is 1. The van der Waals surface area contributed by atoms with Gasteiger partial charge in [-0.05, 0) is 31.4 Å². The van der Waals surface area contributed by atoms with E-state index in [4.69, 9.17) is 4.42 Å². The highest BCUT2D eigenvalue weighted by atomic mass is 16.3. The zero-order valence-corrected chi connectivity index (χ0v) is 13.0. The van der Waals surface area contributed by atoms with Gasteiger partial charge in [-0.15, -0.1) is 0 Å². The first-order valence-corrected chi connectivity index (χ1v) is 8.07. The molecule has 2 saturated heterocycles. The fourth-order valence-electron chi connectivity index (χ4n) is 3.17. The van der Waals surface area contributed by atoms with E-state index in [1.54, 1.807) is 21.9 Å². The minimum Gasteiger partial charge on any atom is -0.459 e. The van der Waals surface area contributed by atoms with Crippen LogP contribution >= 0.6 is 0 Å². The molecule has 3 heterocycles. The second kappa shape index (κ2) is 6.85. The van der Waals surface area contributed by atoms with Gasteiger partial charge in [0, 0.05) is 32.6 Å². The van der Waals surface area contributed by atoms with E-state index in [2.05, 4.69) is 5.32 Å². The monoisotopic (exact) mass is 319 g/mol. The first kappa shape index (κ1) is 15.6. The van der Waals surface area contributed by atoms with Gasteiger partial charge in [-0.25, -0.2) is 0 Å². The maximum atomic E-state index is 12.9. The molecular formula is C16H21N3O4. The van der Waals surface area contributed by atoms with Crippen LogP contribution in [-0.2, 0) is 9.59 Å². The van der Waals surface area contributed by atoms with Crippen molar-refractivity contribution in [3.05, 3.63) is 24.2 Å². The topological polar surface area (TPSA) is 82.9 Å². The summed E-state index contributed by atoms with van der Waals surface area (Å²) in [4.78, 5) is 40.2. The van der Waals surface area contributed by atoms with Gasteiger partial charge in [0.05, 0.1) is 6.26 Å². The Morgan fingerprint density at radius 1 is 1.22 bits per heavy atom. The summed E-state index contributed by atoms with van der Waals surface area (Å²) in [6, 6.07) is 2.82. The molecule has 3 rings (SSSR count). The molecule has 0 spiro atoms. The zero-order valence-electron chi connectivity index (χ0n) is 13.0. The molecule has 2 aliphatic heterocycles. The minimum atomic E-state index is -0.463. The second-order valence-electron chi connectivity index (χ2n) is 5.91. The minimum absolute atomic E-state index is 0.0348. The first-order chi connectivity index (χ1) is 11.2. The Morgan fingerprint density at radius 3 is 2.87 bits per heavy atom. The lowest BCUT2D eigenvalue weighted by molar-refractivity contribution is -0.137. The van der Waals surface area contributed by atoms with Gasteiger partial charge < -0.3 is 19.5 Å². The number of nitrogens with one attached hydrogen (secondary N) is 1. The summed E-state index contributed by atoms with van der Waals surface area (Å²) in [5, 5.41) is 2.76. The van der Waals surface area contributed by atoms with Crippen LogP contribution in [0, 0.1) is 0 Å². The molecule has 0 saturated carbocycles. The quantitative estimate of drug-likeness (QED) is 0.866. The summed E-state index contributed by atoms with van der Waals surface area (Å²) in [7, 11) is 0. The Labute approximate surface area is 134 Å². The number of rotatable bonds is 2. The summed E-state index contributed by atoms with van der Waals surface area (Å²) >= 11 is 0. The normalized spacial score (nSPS) is 22.4. The number of hydrogen-bond acceptors (Lipinski definition) is 4. The third-order valence-electron chi connectivity index (χ3n) is 4.41. The molecule has 1 unspecified atom stereocenters. The average Bonchev–Trinajstić information content (AvgIpc) is 3.03. The summed E-state index contributed by atoms with van der Waals surface area (Å²) in [5.41, 5.74) is 0. The van der Waals surface area contributed by atoms with Gasteiger partial charge in [-0.3, -0.25) is 14.4 Å². The van der Waals surface area contributed by atoms with Crippen molar-refractivity contribution in [2.75, 3.05) is 26.2 Å². The van der Waals surface area contributed by atoms with Gasteiger partial charge >= 0.3 is 0 Å². The summed E-state index contributed by atoms with van der Waals surface area (Å²) in [6.45, 7) is 1.91. The van der Waals surface area contributed by atoms with Crippen molar-refractivity contribution in [1.82, 2.24) is 15.1 Å². The summed E-state index contributed by atoms with van der Waals surface area (Å²) in [5.74, 6) is -0.0805. The van der Waals surface area contributed by atoms with Crippen LogP contribution in [0.15, 0.2) is 22.8 Å². The smallest absolute Gasteiger partial charge is 0.290 e. The molecule has 0 radical (unpaired) electrons. The molecule has 7 nitrogen and oxygen atoms in total. The van der Waals surface area contributed by atoms with E-state index in [-0.39, 0.29) is 23.5 Å². The molecule has 0 bridgehead atoms. The molecule has 1 N–H and O–H groups in total.